The van der Waals surface area contributed by atoms with Crippen molar-refractivity contribution in [1.29, 1.82) is 0 Å². The van der Waals surface area contributed by atoms with Crippen LogP contribution in [-0.2, 0) is 0 Å². The van der Waals surface area contributed by atoms with E-state index in [0.29, 0.717) is 12.0 Å². The fourth-order valence-corrected chi connectivity index (χ4v) is 2.57. The first-order chi connectivity index (χ1) is 6.05. The molecule has 0 aliphatic heterocycles. The van der Waals surface area contributed by atoms with E-state index in [4.69, 9.17) is 5.73 Å². The Bertz CT molecular complexity index is 124. The van der Waals surface area contributed by atoms with E-state index in [0.717, 1.165) is 12.8 Å². The number of nitrogens with one attached hydrogen (secondary N) is 1. The number of hydrogen-bond acceptors (Lipinski definition) is 0. The molecule has 0 unspecified atom stereocenters. The molecule has 0 rings (SSSR count). The Balaban J connectivity index is 4.87. The van der Waals surface area contributed by atoms with Crippen molar-refractivity contribution in [1.82, 2.24) is 5.73 Å². The Labute approximate surface area is 84.1 Å². The van der Waals surface area contributed by atoms with Crippen LogP contribution in [0.3, 0.4) is 0 Å². The third kappa shape index (κ3) is 2.07. The minimum atomic E-state index is 0.247. The fraction of sp³-hybridized carbons (Fsp3) is 1.00. The van der Waals surface area contributed by atoms with Crippen molar-refractivity contribution in [3.8, 4) is 0 Å². The zero-order valence-corrected chi connectivity index (χ0v) is 10.0. The van der Waals surface area contributed by atoms with Crippen molar-refractivity contribution in [3.63, 3.8) is 0 Å². The quantitative estimate of drug-likeness (QED) is 0.598. The summed E-state index contributed by atoms with van der Waals surface area (Å²) in [4.78, 5) is 0. The van der Waals surface area contributed by atoms with Gasteiger partial charge in [0.2, 0.25) is 0 Å². The van der Waals surface area contributed by atoms with E-state index in [1.807, 2.05) is 0 Å². The molecule has 79 valence electrons. The topological polar surface area (TPSA) is 23.8 Å². The summed E-state index contributed by atoms with van der Waals surface area (Å²) in [7, 11) is 0. The van der Waals surface area contributed by atoms with Crippen LogP contribution in [0, 0.1) is 10.8 Å². The lowest BCUT2D eigenvalue weighted by Gasteiger charge is -2.47. The van der Waals surface area contributed by atoms with Gasteiger partial charge in [0.15, 0.2) is 0 Å². The lowest BCUT2D eigenvalue weighted by atomic mass is 9.59. The predicted molar refractivity (Wildman–Crippen MR) is 59.7 cm³/mol. The van der Waals surface area contributed by atoms with E-state index in [1.165, 1.54) is 12.8 Å². The Morgan fingerprint density at radius 2 is 1.23 bits per heavy atom. The highest BCUT2D eigenvalue weighted by Gasteiger charge is 2.41. The summed E-state index contributed by atoms with van der Waals surface area (Å²) in [5.41, 5.74) is 8.38. The van der Waals surface area contributed by atoms with E-state index in [2.05, 4.69) is 34.6 Å². The monoisotopic (exact) mass is 184 g/mol. The molecule has 0 amide bonds. The Morgan fingerprint density at radius 3 is 1.31 bits per heavy atom. The maximum atomic E-state index is 7.77. The van der Waals surface area contributed by atoms with Gasteiger partial charge < -0.3 is 0 Å². The summed E-state index contributed by atoms with van der Waals surface area (Å²) in [6, 6.07) is 0. The highest BCUT2D eigenvalue weighted by atomic mass is 14.6. The smallest absolute Gasteiger partial charge is 0.0161 e. The molecule has 0 aliphatic carbocycles. The molecule has 0 spiro atoms. The standard InChI is InChI=1S/C12H26N/c1-6-11(5,7-2)12(8-3,9-4)10-13/h13H,6-10H2,1-5H3. The lowest BCUT2D eigenvalue weighted by Crippen LogP contribution is -2.42. The van der Waals surface area contributed by atoms with Crippen molar-refractivity contribution in [3.05, 3.63) is 0 Å². The molecular formula is C12H26N. The molecule has 0 saturated carbocycles. The van der Waals surface area contributed by atoms with Gasteiger partial charge in [-0.05, 0) is 23.7 Å². The molecular weight excluding hydrogens is 158 g/mol. The molecule has 0 heterocycles. The summed E-state index contributed by atoms with van der Waals surface area (Å²) in [6.45, 7) is 11.9. The molecule has 1 heteroatoms. The molecule has 0 saturated heterocycles. The van der Waals surface area contributed by atoms with Crippen molar-refractivity contribution in [2.75, 3.05) is 6.54 Å². The predicted octanol–water partition coefficient (Wildman–Crippen LogP) is 3.90. The second-order valence-corrected chi connectivity index (χ2v) is 4.43. The van der Waals surface area contributed by atoms with Crippen molar-refractivity contribution in [2.45, 2.75) is 60.3 Å². The third-order valence-electron chi connectivity index (χ3n) is 4.53. The van der Waals surface area contributed by atoms with Crippen LogP contribution in [0.5, 0.6) is 0 Å². The normalized spacial score (nSPS) is 13.4. The summed E-state index contributed by atoms with van der Waals surface area (Å²) < 4.78 is 0. The first-order valence-electron chi connectivity index (χ1n) is 5.70. The highest BCUT2D eigenvalue weighted by Crippen LogP contribution is 2.48. The van der Waals surface area contributed by atoms with Gasteiger partial charge in [-0.1, -0.05) is 47.5 Å². The molecule has 0 atom stereocenters. The lowest BCUT2D eigenvalue weighted by molar-refractivity contribution is 0.0379. The zero-order valence-electron chi connectivity index (χ0n) is 10.0. The molecule has 1 nitrogen and oxygen atoms in total. The van der Waals surface area contributed by atoms with Gasteiger partial charge in [-0.2, -0.15) is 0 Å². The van der Waals surface area contributed by atoms with Crippen LogP contribution in [0.4, 0.5) is 0 Å². The molecule has 0 aromatic heterocycles. The van der Waals surface area contributed by atoms with Gasteiger partial charge in [0.1, 0.15) is 0 Å². The number of rotatable bonds is 6. The van der Waals surface area contributed by atoms with Crippen molar-refractivity contribution >= 4 is 0 Å². The van der Waals surface area contributed by atoms with E-state index in [-0.39, 0.29) is 5.41 Å². The molecule has 0 fully saturated rings. The average Bonchev–Trinajstić information content (AvgIpc) is 2.20. The number of hydrogen-bond donors (Lipinski definition) is 0. The molecule has 1 N–H and O–H groups in total. The van der Waals surface area contributed by atoms with Gasteiger partial charge in [0.25, 0.3) is 0 Å². The van der Waals surface area contributed by atoms with Crippen LogP contribution >= 0.6 is 0 Å². The highest BCUT2D eigenvalue weighted by molar-refractivity contribution is 4.92. The third-order valence-corrected chi connectivity index (χ3v) is 4.53. The largest absolute Gasteiger partial charge is 0.257 e. The molecule has 0 aromatic carbocycles. The van der Waals surface area contributed by atoms with E-state index in [1.54, 1.807) is 0 Å². The van der Waals surface area contributed by atoms with Crippen LogP contribution in [0.15, 0.2) is 0 Å². The maximum Gasteiger partial charge on any atom is 0.0161 e. The molecule has 0 aromatic rings. The van der Waals surface area contributed by atoms with Crippen LogP contribution < -0.4 is 5.73 Å². The van der Waals surface area contributed by atoms with Gasteiger partial charge in [-0.15, -0.1) is 0 Å². The van der Waals surface area contributed by atoms with Gasteiger partial charge in [-0.3, -0.25) is 5.73 Å². The second-order valence-electron chi connectivity index (χ2n) is 4.43. The van der Waals surface area contributed by atoms with Crippen LogP contribution in [0.2, 0.25) is 0 Å². The van der Waals surface area contributed by atoms with Crippen molar-refractivity contribution < 1.29 is 0 Å². The maximum absolute atomic E-state index is 7.77. The van der Waals surface area contributed by atoms with Crippen LogP contribution in [0.1, 0.15) is 60.3 Å². The van der Waals surface area contributed by atoms with Gasteiger partial charge in [-0.25, -0.2) is 0 Å². The van der Waals surface area contributed by atoms with E-state index in [9.17, 15) is 0 Å². The molecule has 1 radical (unpaired) electrons. The zero-order chi connectivity index (χ0) is 10.5. The second kappa shape index (κ2) is 4.99. The molecule has 0 aliphatic rings. The van der Waals surface area contributed by atoms with Gasteiger partial charge >= 0.3 is 0 Å². The minimum Gasteiger partial charge on any atom is -0.257 e. The fourth-order valence-electron chi connectivity index (χ4n) is 2.57. The first kappa shape index (κ1) is 13.0. The van der Waals surface area contributed by atoms with Crippen LogP contribution in [0.25, 0.3) is 0 Å². The first-order valence-corrected chi connectivity index (χ1v) is 5.70. The Kier molecular flexibility index (Phi) is 4.98. The van der Waals surface area contributed by atoms with Gasteiger partial charge in [0, 0.05) is 6.54 Å². The molecule has 13 heavy (non-hydrogen) atoms. The average molecular weight is 184 g/mol. The molecule has 0 bridgehead atoms. The summed E-state index contributed by atoms with van der Waals surface area (Å²) in [6.07, 6.45) is 4.68. The summed E-state index contributed by atoms with van der Waals surface area (Å²) in [5, 5.41) is 0. The van der Waals surface area contributed by atoms with Crippen LogP contribution in [-0.4, -0.2) is 6.54 Å². The SMILES string of the molecule is CCC(C)(CC)C(CC)(CC)C[NH]. The minimum absolute atomic E-state index is 0.247. The van der Waals surface area contributed by atoms with E-state index < -0.39 is 0 Å². The summed E-state index contributed by atoms with van der Waals surface area (Å²) >= 11 is 0. The summed E-state index contributed by atoms with van der Waals surface area (Å²) in [5.74, 6) is 0. The van der Waals surface area contributed by atoms with E-state index >= 15 is 0 Å². The van der Waals surface area contributed by atoms with Gasteiger partial charge in [0.05, 0.1) is 0 Å². The Morgan fingerprint density at radius 1 is 0.846 bits per heavy atom. The van der Waals surface area contributed by atoms with Crippen molar-refractivity contribution in [2.24, 2.45) is 10.8 Å². The Hall–Kier alpha value is -0.0400.